The second kappa shape index (κ2) is 6.84. The van der Waals surface area contributed by atoms with Crippen molar-refractivity contribution >= 4 is 11.6 Å². The molecule has 0 fully saturated rings. The topological polar surface area (TPSA) is 51.5 Å². The average Bonchev–Trinajstić information content (AvgIpc) is 3.06. The molecule has 0 atom stereocenters. The highest BCUT2D eigenvalue weighted by molar-refractivity contribution is 5.76. The lowest BCUT2D eigenvalue weighted by molar-refractivity contribution is 0.415. The van der Waals surface area contributed by atoms with Gasteiger partial charge in [0.1, 0.15) is 23.1 Å². The first-order chi connectivity index (χ1) is 12.7. The average molecular weight is 348 g/mol. The Labute approximate surface area is 150 Å². The monoisotopic (exact) mass is 348 g/mol. The fourth-order valence-corrected chi connectivity index (χ4v) is 2.82. The number of nitrogens with zero attached hydrogens (tertiary/aromatic N) is 3. The fourth-order valence-electron chi connectivity index (χ4n) is 2.82. The maximum absolute atomic E-state index is 13.1. The van der Waals surface area contributed by atoms with Gasteiger partial charge in [-0.1, -0.05) is 24.3 Å². The largest absolute Gasteiger partial charge is 0.497 e. The third kappa shape index (κ3) is 3.09. The van der Waals surface area contributed by atoms with Crippen LogP contribution in [0.25, 0.3) is 17.0 Å². The highest BCUT2D eigenvalue weighted by Crippen LogP contribution is 2.30. The zero-order valence-electron chi connectivity index (χ0n) is 14.2. The van der Waals surface area contributed by atoms with Gasteiger partial charge in [0.25, 0.3) is 0 Å². The molecule has 6 heteroatoms. The summed E-state index contributed by atoms with van der Waals surface area (Å²) in [6.45, 7) is 0.542. The second-order valence-electron chi connectivity index (χ2n) is 5.81. The third-order valence-corrected chi connectivity index (χ3v) is 4.12. The molecule has 0 saturated heterocycles. The lowest BCUT2D eigenvalue weighted by Crippen LogP contribution is -2.03. The summed E-state index contributed by atoms with van der Waals surface area (Å²) in [5.41, 5.74) is 2.68. The lowest BCUT2D eigenvalue weighted by atomic mass is 10.1. The highest BCUT2D eigenvalue weighted by Gasteiger charge is 2.15. The maximum Gasteiger partial charge on any atom is 0.235 e. The van der Waals surface area contributed by atoms with E-state index in [0.717, 1.165) is 28.4 Å². The molecule has 0 radical (unpaired) electrons. The van der Waals surface area contributed by atoms with Crippen LogP contribution in [0.1, 0.15) is 5.56 Å². The first kappa shape index (κ1) is 16.1. The van der Waals surface area contributed by atoms with E-state index in [2.05, 4.69) is 15.3 Å². The molecule has 26 heavy (non-hydrogen) atoms. The summed E-state index contributed by atoms with van der Waals surface area (Å²) in [5.74, 6) is 1.94. The molecular weight excluding hydrogens is 331 g/mol. The predicted octanol–water partition coefficient (Wildman–Crippen LogP) is 4.16. The number of methoxy groups -OCH3 is 1. The molecule has 0 saturated carbocycles. The molecule has 4 rings (SSSR count). The summed E-state index contributed by atoms with van der Waals surface area (Å²) >= 11 is 0. The molecule has 130 valence electrons. The number of benzene rings is 2. The highest BCUT2D eigenvalue weighted by atomic mass is 19.1. The van der Waals surface area contributed by atoms with Gasteiger partial charge in [-0.3, -0.25) is 4.40 Å². The van der Waals surface area contributed by atoms with Crippen LogP contribution in [0.5, 0.6) is 5.75 Å². The van der Waals surface area contributed by atoms with Crippen LogP contribution in [0.3, 0.4) is 0 Å². The number of anilines is 1. The number of hydrogen-bond donors (Lipinski definition) is 1. The van der Waals surface area contributed by atoms with Crippen molar-refractivity contribution < 1.29 is 9.13 Å². The van der Waals surface area contributed by atoms with E-state index in [4.69, 9.17) is 4.74 Å². The minimum absolute atomic E-state index is 0.246. The van der Waals surface area contributed by atoms with Gasteiger partial charge in [0.05, 0.1) is 7.11 Å². The molecule has 2 aromatic heterocycles. The Balaban J connectivity index is 1.75. The Morgan fingerprint density at radius 1 is 1.12 bits per heavy atom. The smallest absolute Gasteiger partial charge is 0.235 e. The predicted molar refractivity (Wildman–Crippen MR) is 98.7 cm³/mol. The van der Waals surface area contributed by atoms with E-state index >= 15 is 0 Å². The number of ether oxygens (including phenoxy) is 1. The molecule has 5 nitrogen and oxygen atoms in total. The van der Waals surface area contributed by atoms with Crippen LogP contribution in [0.2, 0.25) is 0 Å². The fraction of sp³-hybridized carbons (Fsp3) is 0.100. The van der Waals surface area contributed by atoms with Crippen LogP contribution >= 0.6 is 0 Å². The van der Waals surface area contributed by atoms with Gasteiger partial charge in [-0.05, 0) is 35.9 Å². The summed E-state index contributed by atoms with van der Waals surface area (Å²) in [6, 6.07) is 16.0. The molecular formula is C20H17FN4O. The molecule has 0 aliphatic carbocycles. The second-order valence-corrected chi connectivity index (χ2v) is 5.81. The van der Waals surface area contributed by atoms with Crippen molar-refractivity contribution in [1.29, 1.82) is 0 Å². The number of hydrogen-bond acceptors (Lipinski definition) is 4. The first-order valence-corrected chi connectivity index (χ1v) is 8.20. The van der Waals surface area contributed by atoms with E-state index < -0.39 is 0 Å². The van der Waals surface area contributed by atoms with Crippen molar-refractivity contribution in [3.05, 3.63) is 78.4 Å². The molecule has 0 aliphatic rings. The summed E-state index contributed by atoms with van der Waals surface area (Å²) in [7, 11) is 1.64. The zero-order valence-corrected chi connectivity index (χ0v) is 14.2. The van der Waals surface area contributed by atoms with Gasteiger partial charge in [-0.25, -0.2) is 14.4 Å². The molecule has 1 N–H and O–H groups in total. The molecule has 0 bridgehead atoms. The van der Waals surface area contributed by atoms with Crippen molar-refractivity contribution in [2.24, 2.45) is 0 Å². The maximum atomic E-state index is 13.1. The van der Waals surface area contributed by atoms with Crippen LogP contribution in [-0.4, -0.2) is 21.5 Å². The number of halogens is 1. The molecule has 0 amide bonds. The van der Waals surface area contributed by atoms with E-state index in [1.165, 1.54) is 12.1 Å². The van der Waals surface area contributed by atoms with Crippen LogP contribution in [0.15, 0.2) is 67.0 Å². The quantitative estimate of drug-likeness (QED) is 0.588. The normalized spacial score (nSPS) is 10.8. The van der Waals surface area contributed by atoms with Crippen molar-refractivity contribution in [3.63, 3.8) is 0 Å². The van der Waals surface area contributed by atoms with Crippen LogP contribution in [-0.2, 0) is 6.54 Å². The van der Waals surface area contributed by atoms with Crippen molar-refractivity contribution in [2.75, 3.05) is 12.4 Å². The van der Waals surface area contributed by atoms with E-state index in [-0.39, 0.29) is 5.82 Å². The standard InChI is InChI=1S/C20H17FN4O/c1-26-17-5-2-4-15(12-17)18-19(25-11-3-10-22-20(25)24-18)23-13-14-6-8-16(21)9-7-14/h2-12,23H,13H2,1H3. The number of aromatic nitrogens is 3. The van der Waals surface area contributed by atoms with Gasteiger partial charge in [-0.15, -0.1) is 0 Å². The Bertz CT molecular complexity index is 1040. The van der Waals surface area contributed by atoms with Gasteiger partial charge in [0.15, 0.2) is 0 Å². The van der Waals surface area contributed by atoms with E-state index in [1.807, 2.05) is 40.9 Å². The van der Waals surface area contributed by atoms with Crippen molar-refractivity contribution in [1.82, 2.24) is 14.4 Å². The Hall–Kier alpha value is -3.41. The van der Waals surface area contributed by atoms with E-state index in [1.54, 1.807) is 25.4 Å². The summed E-state index contributed by atoms with van der Waals surface area (Å²) in [4.78, 5) is 8.99. The number of fused-ring (bicyclic) bond motifs is 1. The summed E-state index contributed by atoms with van der Waals surface area (Å²) in [6.07, 6.45) is 3.62. The molecule has 4 aromatic rings. The molecule has 0 spiro atoms. The molecule has 0 unspecified atom stereocenters. The number of nitrogens with one attached hydrogen (secondary N) is 1. The minimum atomic E-state index is -0.246. The number of imidazole rings is 1. The lowest BCUT2D eigenvalue weighted by Gasteiger charge is -2.09. The van der Waals surface area contributed by atoms with Gasteiger partial charge in [-0.2, -0.15) is 0 Å². The SMILES string of the molecule is COc1cccc(-c2nc3ncccn3c2NCc2ccc(F)cc2)c1. The van der Waals surface area contributed by atoms with Crippen molar-refractivity contribution in [3.8, 4) is 17.0 Å². The first-order valence-electron chi connectivity index (χ1n) is 8.20. The molecule has 2 heterocycles. The van der Waals surface area contributed by atoms with Gasteiger partial charge in [0.2, 0.25) is 5.78 Å². The van der Waals surface area contributed by atoms with Gasteiger partial charge in [0, 0.05) is 24.5 Å². The van der Waals surface area contributed by atoms with Crippen LogP contribution < -0.4 is 10.1 Å². The molecule has 0 aliphatic heterocycles. The van der Waals surface area contributed by atoms with Crippen molar-refractivity contribution in [2.45, 2.75) is 6.54 Å². The number of rotatable bonds is 5. The van der Waals surface area contributed by atoms with Gasteiger partial charge < -0.3 is 10.1 Å². The Kier molecular flexibility index (Phi) is 4.23. The molecule has 2 aromatic carbocycles. The Morgan fingerprint density at radius 3 is 2.77 bits per heavy atom. The van der Waals surface area contributed by atoms with Gasteiger partial charge >= 0.3 is 0 Å². The van der Waals surface area contributed by atoms with E-state index in [9.17, 15) is 4.39 Å². The van der Waals surface area contributed by atoms with E-state index in [0.29, 0.717) is 12.3 Å². The van der Waals surface area contributed by atoms with Crippen LogP contribution in [0, 0.1) is 5.82 Å². The third-order valence-electron chi connectivity index (χ3n) is 4.12. The Morgan fingerprint density at radius 2 is 1.96 bits per heavy atom. The van der Waals surface area contributed by atoms with Crippen LogP contribution in [0.4, 0.5) is 10.2 Å². The minimum Gasteiger partial charge on any atom is -0.497 e. The summed E-state index contributed by atoms with van der Waals surface area (Å²) in [5, 5.41) is 3.41. The zero-order chi connectivity index (χ0) is 17.9. The summed E-state index contributed by atoms with van der Waals surface area (Å²) < 4.78 is 20.3.